The van der Waals surface area contributed by atoms with Gasteiger partial charge in [0.2, 0.25) is 0 Å². The van der Waals surface area contributed by atoms with Crippen LogP contribution in [0.25, 0.3) is 15.9 Å². The molecule has 1 aliphatic rings. The van der Waals surface area contributed by atoms with Crippen LogP contribution in [-0.4, -0.2) is 26.1 Å². The molecule has 0 unspecified atom stereocenters. The van der Waals surface area contributed by atoms with Gasteiger partial charge >= 0.3 is 0 Å². The third kappa shape index (κ3) is 3.70. The third-order valence-electron chi connectivity index (χ3n) is 5.85. The van der Waals surface area contributed by atoms with Crippen molar-refractivity contribution in [3.05, 3.63) is 69.9 Å². The molecule has 0 aliphatic heterocycles. The first-order chi connectivity index (χ1) is 15.0. The molecule has 0 atom stereocenters. The first-order valence-electron chi connectivity index (χ1n) is 10.4. The largest absolute Gasteiger partial charge is 0.318 e. The number of rotatable bonds is 5. The number of carbonyl (C=O) groups is 1. The average molecular weight is 452 g/mol. The molecule has 0 radical (unpaired) electrons. The van der Waals surface area contributed by atoms with Crippen molar-refractivity contribution < 1.29 is 9.18 Å². The second-order valence-corrected chi connectivity index (χ2v) is 9.93. The van der Waals surface area contributed by atoms with Crippen molar-refractivity contribution in [2.45, 2.75) is 44.6 Å². The zero-order valence-corrected chi connectivity index (χ0v) is 19.1. The van der Waals surface area contributed by atoms with Crippen molar-refractivity contribution in [3.8, 4) is 5.69 Å². The molecule has 4 aromatic rings. The Hall–Kier alpha value is -2.51. The Morgan fingerprint density at radius 3 is 2.87 bits per heavy atom. The van der Waals surface area contributed by atoms with Crippen LogP contribution in [0.2, 0.25) is 0 Å². The molecule has 0 saturated carbocycles. The van der Waals surface area contributed by atoms with Crippen LogP contribution >= 0.6 is 23.1 Å². The second-order valence-electron chi connectivity index (χ2n) is 7.88. The number of aryl methyl sites for hydroxylation is 3. The van der Waals surface area contributed by atoms with E-state index < -0.39 is 0 Å². The van der Waals surface area contributed by atoms with Gasteiger partial charge in [0.25, 0.3) is 0 Å². The van der Waals surface area contributed by atoms with Crippen LogP contribution in [0.3, 0.4) is 0 Å². The number of fused-ring (bicyclic) bond motifs is 3. The van der Waals surface area contributed by atoms with Crippen molar-refractivity contribution in [1.29, 1.82) is 0 Å². The van der Waals surface area contributed by atoms with Crippen molar-refractivity contribution in [3.63, 3.8) is 0 Å². The molecule has 0 fully saturated rings. The van der Waals surface area contributed by atoms with Crippen molar-refractivity contribution in [2.75, 3.05) is 5.75 Å². The number of Topliss-reactive ketones (excluding diaryl/α,β-unsaturated/α-hetero) is 1. The predicted octanol–water partition coefficient (Wildman–Crippen LogP) is 6.09. The minimum absolute atomic E-state index is 0.0524. The number of aromatic nitrogens is 3. The summed E-state index contributed by atoms with van der Waals surface area (Å²) in [4.78, 5) is 24.6. The van der Waals surface area contributed by atoms with Crippen LogP contribution < -0.4 is 0 Å². The number of hydrogen-bond acceptors (Lipinski definition) is 5. The molecule has 4 nitrogen and oxygen atoms in total. The lowest BCUT2D eigenvalue weighted by Crippen LogP contribution is -2.06. The fourth-order valence-corrected chi connectivity index (χ4v) is 6.64. The minimum atomic E-state index is -0.291. The maximum Gasteiger partial charge on any atom is 0.174 e. The zero-order valence-electron chi connectivity index (χ0n) is 17.4. The Labute approximate surface area is 188 Å². The monoisotopic (exact) mass is 451 g/mol. The van der Waals surface area contributed by atoms with E-state index in [4.69, 9.17) is 0 Å². The lowest BCUT2D eigenvalue weighted by molar-refractivity contribution is 0.102. The van der Waals surface area contributed by atoms with E-state index in [1.165, 1.54) is 47.2 Å². The molecule has 0 bridgehead atoms. The lowest BCUT2D eigenvalue weighted by atomic mass is 9.97. The molecule has 1 aliphatic carbocycles. The fraction of sp³-hybridized carbons (Fsp3) is 0.292. The molecule has 5 rings (SSSR count). The third-order valence-corrected chi connectivity index (χ3v) is 8.04. The number of halogens is 1. The molecule has 3 heterocycles. The van der Waals surface area contributed by atoms with Crippen LogP contribution in [0.1, 0.15) is 45.0 Å². The van der Waals surface area contributed by atoms with Gasteiger partial charge in [-0.25, -0.2) is 14.4 Å². The van der Waals surface area contributed by atoms with E-state index >= 15 is 0 Å². The summed E-state index contributed by atoms with van der Waals surface area (Å²) in [6, 6.07) is 8.34. The Morgan fingerprint density at radius 1 is 1.19 bits per heavy atom. The zero-order chi connectivity index (χ0) is 21.5. The summed E-state index contributed by atoms with van der Waals surface area (Å²) < 4.78 is 15.6. The van der Waals surface area contributed by atoms with E-state index in [-0.39, 0.29) is 11.6 Å². The van der Waals surface area contributed by atoms with Gasteiger partial charge < -0.3 is 4.57 Å². The van der Waals surface area contributed by atoms with Crippen LogP contribution in [0.5, 0.6) is 0 Å². The molecular formula is C24H22FN3OS2. The average Bonchev–Trinajstić information content (AvgIpc) is 3.29. The molecular weight excluding hydrogens is 429 g/mol. The lowest BCUT2D eigenvalue weighted by Gasteiger charge is -2.11. The summed E-state index contributed by atoms with van der Waals surface area (Å²) in [6.45, 7) is 3.85. The van der Waals surface area contributed by atoms with Gasteiger partial charge in [-0.1, -0.05) is 17.8 Å². The van der Waals surface area contributed by atoms with Crippen molar-refractivity contribution >= 4 is 39.1 Å². The molecule has 7 heteroatoms. The first kappa shape index (κ1) is 20.4. The van der Waals surface area contributed by atoms with Gasteiger partial charge in [-0.05, 0) is 69.4 Å². The summed E-state index contributed by atoms with van der Waals surface area (Å²) >= 11 is 3.26. The normalized spacial score (nSPS) is 13.5. The molecule has 158 valence electrons. The number of hydrogen-bond donors (Lipinski definition) is 0. The summed E-state index contributed by atoms with van der Waals surface area (Å²) in [5, 5.41) is 2.04. The molecule has 0 saturated heterocycles. The standard InChI is InChI=1S/C24H22FN3OS2/c1-14-10-19(15(2)28(14)17-7-5-6-16(25)11-17)20(29)12-30-23-22-18-8-3-4-9-21(18)31-24(22)27-13-26-23/h5-7,10-11,13H,3-4,8-9,12H2,1-2H3. The van der Waals surface area contributed by atoms with Gasteiger partial charge in [0.05, 0.1) is 5.75 Å². The highest BCUT2D eigenvalue weighted by Crippen LogP contribution is 2.39. The van der Waals surface area contributed by atoms with Crippen molar-refractivity contribution in [2.24, 2.45) is 0 Å². The number of ketones is 1. The smallest absolute Gasteiger partial charge is 0.174 e. The van der Waals surface area contributed by atoms with E-state index in [0.29, 0.717) is 11.3 Å². The van der Waals surface area contributed by atoms with Gasteiger partial charge in [0.15, 0.2) is 5.78 Å². The molecule has 0 amide bonds. The summed E-state index contributed by atoms with van der Waals surface area (Å²) in [6.07, 6.45) is 6.22. The van der Waals surface area contributed by atoms with Crippen LogP contribution in [0, 0.1) is 19.7 Å². The van der Waals surface area contributed by atoms with Gasteiger partial charge in [-0.3, -0.25) is 4.79 Å². The van der Waals surface area contributed by atoms with Crippen LogP contribution in [0.4, 0.5) is 4.39 Å². The fourth-order valence-electron chi connectivity index (χ4n) is 4.44. The highest BCUT2D eigenvalue weighted by molar-refractivity contribution is 8.00. The van der Waals surface area contributed by atoms with Crippen molar-refractivity contribution in [1.82, 2.24) is 14.5 Å². The van der Waals surface area contributed by atoms with Gasteiger partial charge in [0, 0.05) is 32.9 Å². The molecule has 3 aromatic heterocycles. The predicted molar refractivity (Wildman–Crippen MR) is 124 cm³/mol. The minimum Gasteiger partial charge on any atom is -0.318 e. The van der Waals surface area contributed by atoms with Crippen LogP contribution in [-0.2, 0) is 12.8 Å². The first-order valence-corrected chi connectivity index (χ1v) is 12.2. The number of thiophene rings is 1. The summed E-state index contributed by atoms with van der Waals surface area (Å²) in [7, 11) is 0. The Kier molecular flexibility index (Phi) is 5.40. The quantitative estimate of drug-likeness (QED) is 0.209. The molecule has 1 aromatic carbocycles. The number of carbonyl (C=O) groups excluding carboxylic acids is 1. The van der Waals surface area contributed by atoms with E-state index in [9.17, 15) is 9.18 Å². The van der Waals surface area contributed by atoms with E-state index in [1.54, 1.807) is 23.7 Å². The highest BCUT2D eigenvalue weighted by atomic mass is 32.2. The Balaban J connectivity index is 1.42. The molecule has 31 heavy (non-hydrogen) atoms. The second kappa shape index (κ2) is 8.20. The Morgan fingerprint density at radius 2 is 2.03 bits per heavy atom. The van der Waals surface area contributed by atoms with E-state index in [0.717, 1.165) is 45.2 Å². The topological polar surface area (TPSA) is 47.8 Å². The summed E-state index contributed by atoms with van der Waals surface area (Å²) in [5.74, 6) is 0.0707. The maximum atomic E-state index is 13.7. The van der Waals surface area contributed by atoms with Gasteiger partial charge in [-0.2, -0.15) is 0 Å². The highest BCUT2D eigenvalue weighted by Gasteiger charge is 2.22. The SMILES string of the molecule is Cc1cc(C(=O)CSc2ncnc3sc4c(c23)CCCC4)c(C)n1-c1cccc(F)c1. The van der Waals surface area contributed by atoms with E-state index in [2.05, 4.69) is 9.97 Å². The summed E-state index contributed by atoms with van der Waals surface area (Å²) in [5.41, 5.74) is 4.52. The van der Waals surface area contributed by atoms with Gasteiger partial charge in [-0.15, -0.1) is 11.3 Å². The molecule has 0 N–H and O–H groups in total. The number of thioether (sulfide) groups is 1. The van der Waals surface area contributed by atoms with Crippen LogP contribution in [0.15, 0.2) is 41.7 Å². The number of nitrogens with zero attached hydrogens (tertiary/aromatic N) is 3. The molecule has 0 spiro atoms. The van der Waals surface area contributed by atoms with E-state index in [1.807, 2.05) is 30.5 Å². The maximum absolute atomic E-state index is 13.7. The number of benzene rings is 1. The van der Waals surface area contributed by atoms with Gasteiger partial charge in [0.1, 0.15) is 22.0 Å². The Bertz CT molecular complexity index is 1310.